The Labute approximate surface area is 145 Å². The van der Waals surface area contributed by atoms with Gasteiger partial charge in [-0.15, -0.1) is 0 Å². The van der Waals surface area contributed by atoms with Crippen molar-refractivity contribution >= 4 is 11.9 Å². The van der Waals surface area contributed by atoms with Gasteiger partial charge in [0.2, 0.25) is 0 Å². The number of nitrogens with one attached hydrogen (secondary N) is 1. The van der Waals surface area contributed by atoms with Crippen molar-refractivity contribution in [2.24, 2.45) is 0 Å². The molecule has 0 unspecified atom stereocenters. The van der Waals surface area contributed by atoms with E-state index in [2.05, 4.69) is 5.32 Å². The summed E-state index contributed by atoms with van der Waals surface area (Å²) >= 11 is 0. The van der Waals surface area contributed by atoms with Crippen LogP contribution in [0.3, 0.4) is 0 Å². The molecule has 0 atom stereocenters. The third-order valence-corrected chi connectivity index (χ3v) is 3.44. The second-order valence-corrected chi connectivity index (χ2v) is 5.62. The number of carbonyl (C=O) groups excluding carboxylic acids is 2. The van der Waals surface area contributed by atoms with Crippen LogP contribution in [0, 0.1) is 19.7 Å². The first-order chi connectivity index (χ1) is 11.9. The molecule has 6 heteroatoms. The molecule has 1 amide bonds. The molecule has 0 fully saturated rings. The van der Waals surface area contributed by atoms with Gasteiger partial charge in [-0.3, -0.25) is 4.79 Å². The zero-order valence-electron chi connectivity index (χ0n) is 14.2. The van der Waals surface area contributed by atoms with E-state index in [1.807, 2.05) is 26.0 Å². The van der Waals surface area contributed by atoms with Crippen molar-refractivity contribution in [3.05, 3.63) is 65.0 Å². The Morgan fingerprint density at radius 2 is 1.76 bits per heavy atom. The van der Waals surface area contributed by atoms with Crippen molar-refractivity contribution in [1.29, 1.82) is 0 Å². The summed E-state index contributed by atoms with van der Waals surface area (Å²) in [7, 11) is 0. The summed E-state index contributed by atoms with van der Waals surface area (Å²) in [6, 6.07) is 11.4. The van der Waals surface area contributed by atoms with Crippen LogP contribution in [-0.4, -0.2) is 25.1 Å². The van der Waals surface area contributed by atoms with Gasteiger partial charge in [-0.25, -0.2) is 9.18 Å². The van der Waals surface area contributed by atoms with Crippen LogP contribution in [0.4, 0.5) is 4.39 Å². The molecule has 132 valence electrons. The van der Waals surface area contributed by atoms with Crippen LogP contribution in [0.1, 0.15) is 16.7 Å². The van der Waals surface area contributed by atoms with Gasteiger partial charge in [0.05, 0.1) is 0 Å². The number of aryl methyl sites for hydroxylation is 2. The van der Waals surface area contributed by atoms with E-state index in [0.717, 1.165) is 16.7 Å². The number of esters is 1. The number of ether oxygens (including phenoxy) is 2. The van der Waals surface area contributed by atoms with E-state index in [0.29, 0.717) is 5.75 Å². The zero-order chi connectivity index (χ0) is 18.2. The van der Waals surface area contributed by atoms with E-state index >= 15 is 0 Å². The molecule has 0 heterocycles. The molecule has 2 aromatic rings. The van der Waals surface area contributed by atoms with Gasteiger partial charge >= 0.3 is 5.97 Å². The lowest BCUT2D eigenvalue weighted by Gasteiger charge is -2.10. The smallest absolute Gasteiger partial charge is 0.344 e. The quantitative estimate of drug-likeness (QED) is 0.784. The highest BCUT2D eigenvalue weighted by atomic mass is 19.1. The van der Waals surface area contributed by atoms with Crippen molar-refractivity contribution in [1.82, 2.24) is 5.32 Å². The third-order valence-electron chi connectivity index (χ3n) is 3.44. The number of hydrogen-bond acceptors (Lipinski definition) is 4. The van der Waals surface area contributed by atoms with Crippen molar-refractivity contribution < 1.29 is 23.5 Å². The van der Waals surface area contributed by atoms with Crippen LogP contribution in [-0.2, 0) is 20.9 Å². The summed E-state index contributed by atoms with van der Waals surface area (Å²) in [5.74, 6) is -0.808. The average Bonchev–Trinajstić information content (AvgIpc) is 2.58. The molecular weight excluding hydrogens is 325 g/mol. The number of benzene rings is 2. The molecule has 0 aliphatic rings. The van der Waals surface area contributed by atoms with Crippen LogP contribution in [0.25, 0.3) is 0 Å². The predicted molar refractivity (Wildman–Crippen MR) is 90.6 cm³/mol. The second kappa shape index (κ2) is 8.82. The van der Waals surface area contributed by atoms with E-state index in [9.17, 15) is 14.0 Å². The first kappa shape index (κ1) is 18.4. The third kappa shape index (κ3) is 6.25. The summed E-state index contributed by atoms with van der Waals surface area (Å²) in [6.45, 7) is 3.42. The maximum Gasteiger partial charge on any atom is 0.344 e. The number of halogens is 1. The van der Waals surface area contributed by atoms with Crippen LogP contribution in [0.15, 0.2) is 42.5 Å². The summed E-state index contributed by atoms with van der Waals surface area (Å²) in [4.78, 5) is 23.3. The van der Waals surface area contributed by atoms with Crippen molar-refractivity contribution in [2.75, 3.05) is 13.2 Å². The van der Waals surface area contributed by atoms with Crippen LogP contribution >= 0.6 is 0 Å². The lowest BCUT2D eigenvalue weighted by atomic mass is 10.1. The first-order valence-electron chi connectivity index (χ1n) is 7.81. The number of amides is 1. The minimum Gasteiger partial charge on any atom is -0.482 e. The molecule has 0 aliphatic heterocycles. The Hall–Kier alpha value is -2.89. The summed E-state index contributed by atoms with van der Waals surface area (Å²) in [5, 5.41) is 2.58. The molecule has 1 N–H and O–H groups in total. The molecule has 0 saturated heterocycles. The molecule has 2 rings (SSSR count). The molecule has 0 saturated carbocycles. The average molecular weight is 345 g/mol. The maximum absolute atomic E-state index is 12.8. The first-order valence-corrected chi connectivity index (χ1v) is 7.81. The van der Waals surface area contributed by atoms with Crippen molar-refractivity contribution in [3.63, 3.8) is 0 Å². The highest BCUT2D eigenvalue weighted by molar-refractivity contribution is 5.80. The highest BCUT2D eigenvalue weighted by Gasteiger charge is 2.09. The van der Waals surface area contributed by atoms with E-state index in [4.69, 9.17) is 9.47 Å². The van der Waals surface area contributed by atoms with E-state index in [1.54, 1.807) is 18.2 Å². The predicted octanol–water partition coefficient (Wildman–Crippen LogP) is 2.68. The Bertz CT molecular complexity index is 744. The number of carbonyl (C=O) groups is 2. The minimum absolute atomic E-state index is 0.232. The summed E-state index contributed by atoms with van der Waals surface area (Å²) < 4.78 is 23.0. The van der Waals surface area contributed by atoms with Gasteiger partial charge in [0.25, 0.3) is 5.91 Å². The van der Waals surface area contributed by atoms with Gasteiger partial charge < -0.3 is 14.8 Å². The molecule has 2 aromatic carbocycles. The molecule has 0 radical (unpaired) electrons. The lowest BCUT2D eigenvalue weighted by molar-refractivity contribution is -0.150. The standard InChI is InChI=1S/C19H20FNO4/c1-13-3-8-17(14(2)9-13)24-12-19(23)25-11-18(22)21-10-15-4-6-16(20)7-5-15/h3-9H,10-12H2,1-2H3,(H,21,22). The molecule has 0 bridgehead atoms. The summed E-state index contributed by atoms with van der Waals surface area (Å²) in [6.07, 6.45) is 0. The molecule has 0 aromatic heterocycles. The molecule has 0 aliphatic carbocycles. The van der Waals surface area contributed by atoms with E-state index in [1.165, 1.54) is 12.1 Å². The summed E-state index contributed by atoms with van der Waals surface area (Å²) in [5.41, 5.74) is 2.77. The second-order valence-electron chi connectivity index (χ2n) is 5.62. The van der Waals surface area contributed by atoms with Gasteiger partial charge in [0.15, 0.2) is 13.2 Å². The van der Waals surface area contributed by atoms with Gasteiger partial charge in [-0.2, -0.15) is 0 Å². The van der Waals surface area contributed by atoms with Crippen LogP contribution in [0.5, 0.6) is 5.75 Å². The maximum atomic E-state index is 12.8. The van der Waals surface area contributed by atoms with Crippen LogP contribution in [0.2, 0.25) is 0 Å². The van der Waals surface area contributed by atoms with Gasteiger partial charge in [-0.1, -0.05) is 29.8 Å². The van der Waals surface area contributed by atoms with Gasteiger partial charge in [-0.05, 0) is 43.2 Å². The number of hydrogen-bond donors (Lipinski definition) is 1. The molecule has 25 heavy (non-hydrogen) atoms. The zero-order valence-corrected chi connectivity index (χ0v) is 14.2. The monoisotopic (exact) mass is 345 g/mol. The van der Waals surface area contributed by atoms with Crippen LogP contribution < -0.4 is 10.1 Å². The van der Waals surface area contributed by atoms with Crippen molar-refractivity contribution in [3.8, 4) is 5.75 Å². The normalized spacial score (nSPS) is 10.2. The fourth-order valence-corrected chi connectivity index (χ4v) is 2.14. The fraction of sp³-hybridized carbons (Fsp3) is 0.263. The van der Waals surface area contributed by atoms with Crippen molar-refractivity contribution in [2.45, 2.75) is 20.4 Å². The Kier molecular flexibility index (Phi) is 6.51. The highest BCUT2D eigenvalue weighted by Crippen LogP contribution is 2.18. The fourth-order valence-electron chi connectivity index (χ4n) is 2.14. The van der Waals surface area contributed by atoms with Gasteiger partial charge in [0, 0.05) is 6.54 Å². The van der Waals surface area contributed by atoms with E-state index in [-0.39, 0.29) is 19.0 Å². The SMILES string of the molecule is Cc1ccc(OCC(=O)OCC(=O)NCc2ccc(F)cc2)c(C)c1. The largest absolute Gasteiger partial charge is 0.482 e. The topological polar surface area (TPSA) is 64.6 Å². The Balaban J connectivity index is 1.68. The lowest BCUT2D eigenvalue weighted by Crippen LogP contribution is -2.29. The Morgan fingerprint density at radius 3 is 2.44 bits per heavy atom. The molecular formula is C19H20FNO4. The Morgan fingerprint density at radius 1 is 1.04 bits per heavy atom. The number of rotatable bonds is 7. The van der Waals surface area contributed by atoms with Gasteiger partial charge in [0.1, 0.15) is 11.6 Å². The molecule has 0 spiro atoms. The minimum atomic E-state index is -0.628. The molecule has 5 nitrogen and oxygen atoms in total. The van der Waals surface area contributed by atoms with E-state index < -0.39 is 18.5 Å².